The zero-order valence-electron chi connectivity index (χ0n) is 9.05. The number of nitrogens with two attached hydrogens (primary N) is 1. The van der Waals surface area contributed by atoms with Gasteiger partial charge in [-0.25, -0.2) is 18.5 Å². The van der Waals surface area contributed by atoms with Crippen LogP contribution in [0.3, 0.4) is 0 Å². The van der Waals surface area contributed by atoms with Gasteiger partial charge < -0.3 is 4.57 Å². The molecule has 0 radical (unpaired) electrons. The molecule has 18 heavy (non-hydrogen) atoms. The summed E-state index contributed by atoms with van der Waals surface area (Å²) in [7, 11) is -3.78. The molecule has 0 saturated heterocycles. The molecule has 1 heterocycles. The lowest BCUT2D eigenvalue weighted by Gasteiger charge is -2.05. The van der Waals surface area contributed by atoms with E-state index in [2.05, 4.69) is 4.98 Å². The SMILES string of the molecule is NS(=O)(=O)c1cn(Cc2cc(Cl)ccc2Cl)cn1. The first-order valence-corrected chi connectivity index (χ1v) is 7.15. The van der Waals surface area contributed by atoms with Crippen LogP contribution in [0, 0.1) is 0 Å². The summed E-state index contributed by atoms with van der Waals surface area (Å²) in [6, 6.07) is 5.06. The van der Waals surface area contributed by atoms with Crippen molar-refractivity contribution >= 4 is 33.2 Å². The molecular weight excluding hydrogens is 297 g/mol. The first kappa shape index (κ1) is 13.4. The van der Waals surface area contributed by atoms with Crippen molar-refractivity contribution in [2.24, 2.45) is 5.14 Å². The molecule has 0 bridgehead atoms. The maximum absolute atomic E-state index is 11.1. The Hall–Kier alpha value is -1.08. The minimum atomic E-state index is -3.78. The average molecular weight is 306 g/mol. The van der Waals surface area contributed by atoms with Gasteiger partial charge in [0.15, 0.2) is 5.03 Å². The van der Waals surface area contributed by atoms with Crippen molar-refractivity contribution in [3.8, 4) is 0 Å². The van der Waals surface area contributed by atoms with E-state index in [1.54, 1.807) is 22.8 Å². The van der Waals surface area contributed by atoms with Gasteiger partial charge >= 0.3 is 0 Å². The molecule has 96 valence electrons. The highest BCUT2D eigenvalue weighted by atomic mass is 35.5. The molecule has 0 amide bonds. The van der Waals surface area contributed by atoms with Crippen molar-refractivity contribution in [2.75, 3.05) is 0 Å². The lowest BCUT2D eigenvalue weighted by atomic mass is 10.2. The van der Waals surface area contributed by atoms with Gasteiger partial charge in [-0.3, -0.25) is 0 Å². The fraction of sp³-hybridized carbons (Fsp3) is 0.100. The minimum Gasteiger partial charge on any atom is -0.332 e. The standard InChI is InChI=1S/C10H9Cl2N3O2S/c11-8-1-2-9(12)7(3-8)4-15-5-10(14-6-15)18(13,16)17/h1-3,5-6H,4H2,(H2,13,16,17). The monoisotopic (exact) mass is 305 g/mol. The lowest BCUT2D eigenvalue weighted by Crippen LogP contribution is -2.12. The van der Waals surface area contributed by atoms with E-state index in [-0.39, 0.29) is 5.03 Å². The Bertz CT molecular complexity index is 682. The second-order valence-electron chi connectivity index (χ2n) is 3.66. The summed E-state index contributed by atoms with van der Waals surface area (Å²) in [4.78, 5) is 3.71. The molecule has 0 aliphatic heterocycles. The van der Waals surface area contributed by atoms with Gasteiger partial charge in [-0.2, -0.15) is 0 Å². The van der Waals surface area contributed by atoms with E-state index in [1.165, 1.54) is 12.5 Å². The van der Waals surface area contributed by atoms with E-state index in [4.69, 9.17) is 28.3 Å². The predicted octanol–water partition coefficient (Wildman–Crippen LogP) is 1.89. The molecule has 1 aromatic heterocycles. The van der Waals surface area contributed by atoms with E-state index in [0.29, 0.717) is 16.6 Å². The molecular formula is C10H9Cl2N3O2S. The average Bonchev–Trinajstić information content (AvgIpc) is 2.71. The molecule has 8 heteroatoms. The van der Waals surface area contributed by atoms with Crippen LogP contribution in [0.4, 0.5) is 0 Å². The number of imidazole rings is 1. The quantitative estimate of drug-likeness (QED) is 0.940. The van der Waals surface area contributed by atoms with E-state index in [1.807, 2.05) is 0 Å². The molecule has 0 saturated carbocycles. The first-order chi connectivity index (χ1) is 8.36. The van der Waals surface area contributed by atoms with E-state index in [9.17, 15) is 8.42 Å². The summed E-state index contributed by atoms with van der Waals surface area (Å²) in [5, 5.41) is 5.89. The number of halogens is 2. The smallest absolute Gasteiger partial charge is 0.257 e. The van der Waals surface area contributed by atoms with Crippen LogP contribution in [0.15, 0.2) is 35.7 Å². The third-order valence-electron chi connectivity index (χ3n) is 2.26. The Balaban J connectivity index is 2.29. The number of hydrogen-bond acceptors (Lipinski definition) is 3. The largest absolute Gasteiger partial charge is 0.332 e. The molecule has 5 nitrogen and oxygen atoms in total. The van der Waals surface area contributed by atoms with Crippen LogP contribution in [0.1, 0.15) is 5.56 Å². The highest BCUT2D eigenvalue weighted by molar-refractivity contribution is 7.89. The molecule has 2 rings (SSSR count). The Morgan fingerprint density at radius 2 is 2.06 bits per heavy atom. The molecule has 0 unspecified atom stereocenters. The highest BCUT2D eigenvalue weighted by Gasteiger charge is 2.12. The van der Waals surface area contributed by atoms with E-state index >= 15 is 0 Å². The number of aromatic nitrogens is 2. The van der Waals surface area contributed by atoms with Gasteiger partial charge in [0.2, 0.25) is 0 Å². The summed E-state index contributed by atoms with van der Waals surface area (Å²) in [6.45, 7) is 0.363. The Morgan fingerprint density at radius 1 is 1.33 bits per heavy atom. The summed E-state index contributed by atoms with van der Waals surface area (Å²) in [5.41, 5.74) is 0.766. The van der Waals surface area contributed by atoms with Crippen LogP contribution in [0.2, 0.25) is 10.0 Å². The van der Waals surface area contributed by atoms with Crippen molar-refractivity contribution in [2.45, 2.75) is 11.6 Å². The van der Waals surface area contributed by atoms with Gasteiger partial charge in [-0.05, 0) is 23.8 Å². The number of benzene rings is 1. The van der Waals surface area contributed by atoms with Crippen molar-refractivity contribution in [3.05, 3.63) is 46.3 Å². The molecule has 2 N–H and O–H groups in total. The van der Waals surface area contributed by atoms with Crippen LogP contribution in [0.25, 0.3) is 0 Å². The predicted molar refractivity (Wildman–Crippen MR) is 69.2 cm³/mol. The zero-order valence-corrected chi connectivity index (χ0v) is 11.4. The van der Waals surface area contributed by atoms with Crippen LogP contribution in [0.5, 0.6) is 0 Å². The summed E-state index contributed by atoms with van der Waals surface area (Å²) < 4.78 is 23.7. The van der Waals surface area contributed by atoms with Crippen molar-refractivity contribution < 1.29 is 8.42 Å². The molecule has 0 aliphatic rings. The minimum absolute atomic E-state index is 0.180. The second-order valence-corrected chi connectivity index (χ2v) is 6.02. The Kier molecular flexibility index (Phi) is 3.63. The van der Waals surface area contributed by atoms with Crippen molar-refractivity contribution in [1.82, 2.24) is 9.55 Å². The van der Waals surface area contributed by atoms with Gasteiger partial charge in [-0.15, -0.1) is 0 Å². The van der Waals surface area contributed by atoms with Crippen molar-refractivity contribution in [3.63, 3.8) is 0 Å². The fourth-order valence-corrected chi connectivity index (χ4v) is 2.28. The fourth-order valence-electron chi connectivity index (χ4n) is 1.43. The number of primary sulfonamides is 1. The zero-order chi connectivity index (χ0) is 13.3. The summed E-state index contributed by atoms with van der Waals surface area (Å²) in [6.07, 6.45) is 2.71. The molecule has 0 spiro atoms. The summed E-state index contributed by atoms with van der Waals surface area (Å²) >= 11 is 11.9. The molecule has 0 fully saturated rings. The van der Waals surface area contributed by atoms with Crippen LogP contribution >= 0.6 is 23.2 Å². The Morgan fingerprint density at radius 3 is 2.67 bits per heavy atom. The summed E-state index contributed by atoms with van der Waals surface area (Å²) in [5.74, 6) is 0. The third-order valence-corrected chi connectivity index (χ3v) is 3.66. The number of hydrogen-bond donors (Lipinski definition) is 1. The van der Waals surface area contributed by atoms with E-state index < -0.39 is 10.0 Å². The topological polar surface area (TPSA) is 78.0 Å². The highest BCUT2D eigenvalue weighted by Crippen LogP contribution is 2.21. The van der Waals surface area contributed by atoms with Crippen LogP contribution in [-0.2, 0) is 16.6 Å². The Labute approximate surface area is 114 Å². The van der Waals surface area contributed by atoms with Crippen molar-refractivity contribution in [1.29, 1.82) is 0 Å². The van der Waals surface area contributed by atoms with Crippen LogP contribution in [-0.4, -0.2) is 18.0 Å². The number of rotatable bonds is 3. The molecule has 2 aromatic rings. The number of sulfonamides is 1. The molecule has 0 atom stereocenters. The van der Waals surface area contributed by atoms with Gasteiger partial charge in [0, 0.05) is 16.2 Å². The normalized spacial score (nSPS) is 11.7. The number of nitrogens with zero attached hydrogens (tertiary/aromatic N) is 2. The molecule has 0 aliphatic carbocycles. The second kappa shape index (κ2) is 4.89. The van der Waals surface area contributed by atoms with Gasteiger partial charge in [0.25, 0.3) is 10.0 Å². The van der Waals surface area contributed by atoms with Gasteiger partial charge in [-0.1, -0.05) is 23.2 Å². The van der Waals surface area contributed by atoms with Gasteiger partial charge in [0.05, 0.1) is 12.9 Å². The van der Waals surface area contributed by atoms with Gasteiger partial charge in [0.1, 0.15) is 0 Å². The van der Waals surface area contributed by atoms with E-state index in [0.717, 1.165) is 5.56 Å². The maximum Gasteiger partial charge on any atom is 0.257 e. The van der Waals surface area contributed by atoms with Crippen LogP contribution < -0.4 is 5.14 Å². The maximum atomic E-state index is 11.1. The molecule has 1 aromatic carbocycles. The lowest BCUT2D eigenvalue weighted by molar-refractivity contribution is 0.594. The third kappa shape index (κ3) is 3.02. The first-order valence-electron chi connectivity index (χ1n) is 4.85.